The Kier molecular flexibility index (Phi) is 2.60. The number of benzene rings is 1. The highest BCUT2D eigenvalue weighted by Crippen LogP contribution is 2.17. The highest BCUT2D eigenvalue weighted by molar-refractivity contribution is 5.85. The van der Waals surface area contributed by atoms with E-state index in [2.05, 4.69) is 6.19 Å². The van der Waals surface area contributed by atoms with Crippen LogP contribution in [0.5, 0.6) is 0 Å². The number of para-hydroxylation sites is 1. The summed E-state index contributed by atoms with van der Waals surface area (Å²) in [5.41, 5.74) is 1.97. The van der Waals surface area contributed by atoms with Gasteiger partial charge in [-0.25, -0.2) is 0 Å². The number of nitrogens with zero attached hydrogens (tertiary/aromatic N) is 2. The maximum absolute atomic E-state index is 8.82. The molecule has 2 rings (SSSR count). The van der Waals surface area contributed by atoms with Crippen molar-refractivity contribution >= 4 is 23.3 Å². The molecule has 66 valence electrons. The van der Waals surface area contributed by atoms with E-state index in [0.717, 1.165) is 16.6 Å². The third kappa shape index (κ3) is 1.39. The molecule has 0 saturated carbocycles. The van der Waals surface area contributed by atoms with E-state index in [4.69, 9.17) is 5.26 Å². The zero-order chi connectivity index (χ0) is 8.55. The van der Waals surface area contributed by atoms with Crippen molar-refractivity contribution in [1.29, 1.82) is 5.26 Å². The van der Waals surface area contributed by atoms with Crippen molar-refractivity contribution in [2.24, 2.45) is 0 Å². The summed E-state index contributed by atoms with van der Waals surface area (Å²) in [4.78, 5) is 0. The van der Waals surface area contributed by atoms with Gasteiger partial charge < -0.3 is 0 Å². The molecule has 1 heterocycles. The van der Waals surface area contributed by atoms with Gasteiger partial charge in [-0.1, -0.05) is 18.2 Å². The van der Waals surface area contributed by atoms with Crippen LogP contribution in [0.1, 0.15) is 5.69 Å². The van der Waals surface area contributed by atoms with Crippen LogP contribution in [0.15, 0.2) is 30.3 Å². The van der Waals surface area contributed by atoms with E-state index in [1.54, 1.807) is 4.57 Å². The molecule has 0 amide bonds. The fourth-order valence-electron chi connectivity index (χ4n) is 1.43. The van der Waals surface area contributed by atoms with Crippen LogP contribution >= 0.6 is 12.4 Å². The number of halogens is 1. The number of rotatable bonds is 0. The maximum Gasteiger partial charge on any atom is 0.189 e. The Hall–Kier alpha value is -1.46. The fraction of sp³-hybridized carbons (Fsp3) is 0.100. The highest BCUT2D eigenvalue weighted by Gasteiger charge is 2.01. The number of aryl methyl sites for hydroxylation is 1. The van der Waals surface area contributed by atoms with E-state index in [0.29, 0.717) is 0 Å². The summed E-state index contributed by atoms with van der Waals surface area (Å²) in [5.74, 6) is 0. The second-order valence-electron chi connectivity index (χ2n) is 2.78. The molecular weight excluding hydrogens is 184 g/mol. The molecule has 0 spiro atoms. The summed E-state index contributed by atoms with van der Waals surface area (Å²) in [6.45, 7) is 1.93. The van der Waals surface area contributed by atoms with Gasteiger partial charge in [-0.2, -0.15) is 5.26 Å². The molecule has 0 aliphatic carbocycles. The molecule has 0 N–H and O–H groups in total. The monoisotopic (exact) mass is 192 g/mol. The number of hydrogen-bond acceptors (Lipinski definition) is 1. The Morgan fingerprint density at radius 1 is 1.31 bits per heavy atom. The van der Waals surface area contributed by atoms with E-state index in [-0.39, 0.29) is 12.4 Å². The van der Waals surface area contributed by atoms with Crippen LogP contribution in [-0.4, -0.2) is 4.57 Å². The number of fused-ring (bicyclic) bond motifs is 1. The number of nitriles is 1. The molecule has 2 nitrogen and oxygen atoms in total. The Morgan fingerprint density at radius 3 is 2.69 bits per heavy atom. The fourth-order valence-corrected chi connectivity index (χ4v) is 1.43. The molecule has 0 saturated heterocycles. The van der Waals surface area contributed by atoms with E-state index >= 15 is 0 Å². The van der Waals surface area contributed by atoms with E-state index < -0.39 is 0 Å². The summed E-state index contributed by atoms with van der Waals surface area (Å²) in [5, 5.41) is 9.94. The topological polar surface area (TPSA) is 28.7 Å². The molecule has 0 radical (unpaired) electrons. The van der Waals surface area contributed by atoms with Crippen molar-refractivity contribution < 1.29 is 0 Å². The van der Waals surface area contributed by atoms with Gasteiger partial charge in [0.1, 0.15) is 0 Å². The maximum atomic E-state index is 8.82. The molecule has 0 fully saturated rings. The normalized spacial score (nSPS) is 9.23. The van der Waals surface area contributed by atoms with Crippen LogP contribution in [0.3, 0.4) is 0 Å². The summed E-state index contributed by atoms with van der Waals surface area (Å²) in [6.07, 6.45) is 2.13. The largest absolute Gasteiger partial charge is 0.252 e. The van der Waals surface area contributed by atoms with Crippen LogP contribution in [0.25, 0.3) is 10.9 Å². The quantitative estimate of drug-likeness (QED) is 0.631. The molecular formula is C10H9ClN2. The minimum atomic E-state index is 0. The smallest absolute Gasteiger partial charge is 0.189 e. The van der Waals surface area contributed by atoms with Crippen molar-refractivity contribution in [2.45, 2.75) is 6.92 Å². The Labute approximate surface area is 82.8 Å². The highest BCUT2D eigenvalue weighted by atomic mass is 35.5. The first-order valence-electron chi connectivity index (χ1n) is 3.80. The van der Waals surface area contributed by atoms with Gasteiger partial charge in [0.15, 0.2) is 6.19 Å². The summed E-state index contributed by atoms with van der Waals surface area (Å²) >= 11 is 0. The van der Waals surface area contributed by atoms with Crippen molar-refractivity contribution in [1.82, 2.24) is 4.57 Å². The summed E-state index contributed by atoms with van der Waals surface area (Å²) in [7, 11) is 0. The molecule has 0 aliphatic rings. The predicted molar refractivity (Wildman–Crippen MR) is 54.9 cm³/mol. The first-order valence-corrected chi connectivity index (χ1v) is 3.80. The van der Waals surface area contributed by atoms with Crippen LogP contribution < -0.4 is 0 Å². The molecule has 0 bridgehead atoms. The Bertz CT molecular complexity index is 465. The lowest BCUT2D eigenvalue weighted by molar-refractivity contribution is 1.07. The molecule has 2 aromatic rings. The standard InChI is InChI=1S/C10H8N2.ClH/c1-8-6-9-4-2-3-5-10(9)12(8)7-11;/h2-6H,1H3;1H. The van der Waals surface area contributed by atoms with Crippen LogP contribution in [-0.2, 0) is 0 Å². The van der Waals surface area contributed by atoms with Crippen LogP contribution in [0.4, 0.5) is 0 Å². The lowest BCUT2D eigenvalue weighted by atomic mass is 10.2. The average molecular weight is 193 g/mol. The first kappa shape index (κ1) is 9.63. The van der Waals surface area contributed by atoms with Gasteiger partial charge in [-0.05, 0) is 19.1 Å². The lowest BCUT2D eigenvalue weighted by Gasteiger charge is -1.92. The van der Waals surface area contributed by atoms with Crippen molar-refractivity contribution in [2.75, 3.05) is 0 Å². The van der Waals surface area contributed by atoms with Gasteiger partial charge in [0.05, 0.1) is 5.52 Å². The van der Waals surface area contributed by atoms with Crippen molar-refractivity contribution in [3.8, 4) is 6.19 Å². The third-order valence-electron chi connectivity index (χ3n) is 1.99. The molecule has 0 aliphatic heterocycles. The van der Waals surface area contributed by atoms with Gasteiger partial charge in [-0.15, -0.1) is 12.4 Å². The van der Waals surface area contributed by atoms with Gasteiger partial charge >= 0.3 is 0 Å². The second-order valence-corrected chi connectivity index (χ2v) is 2.78. The third-order valence-corrected chi connectivity index (χ3v) is 1.99. The zero-order valence-electron chi connectivity index (χ0n) is 7.19. The Morgan fingerprint density at radius 2 is 2.00 bits per heavy atom. The number of hydrogen-bond donors (Lipinski definition) is 0. The number of aromatic nitrogens is 1. The molecule has 3 heteroatoms. The summed E-state index contributed by atoms with van der Waals surface area (Å²) in [6, 6.07) is 9.89. The average Bonchev–Trinajstić information content (AvgIpc) is 2.40. The Balaban J connectivity index is 0.000000845. The van der Waals surface area contributed by atoms with Gasteiger partial charge in [0, 0.05) is 11.1 Å². The zero-order valence-corrected chi connectivity index (χ0v) is 8.01. The first-order chi connectivity index (χ1) is 5.83. The van der Waals surface area contributed by atoms with E-state index in [9.17, 15) is 0 Å². The SMILES string of the molecule is Cc1cc2ccccc2n1C#N.Cl. The predicted octanol–water partition coefficient (Wildman–Crippen LogP) is 2.70. The summed E-state index contributed by atoms with van der Waals surface area (Å²) < 4.78 is 1.63. The van der Waals surface area contributed by atoms with E-state index in [1.165, 1.54) is 0 Å². The molecule has 1 aromatic heterocycles. The molecule has 13 heavy (non-hydrogen) atoms. The molecule has 1 aromatic carbocycles. The minimum Gasteiger partial charge on any atom is -0.252 e. The lowest BCUT2D eigenvalue weighted by Crippen LogP contribution is -1.88. The molecule has 0 atom stereocenters. The van der Waals surface area contributed by atoms with Gasteiger partial charge in [0.25, 0.3) is 0 Å². The van der Waals surface area contributed by atoms with E-state index in [1.807, 2.05) is 37.3 Å². The van der Waals surface area contributed by atoms with Crippen molar-refractivity contribution in [3.05, 3.63) is 36.0 Å². The van der Waals surface area contributed by atoms with Gasteiger partial charge in [0.2, 0.25) is 0 Å². The molecule has 0 unspecified atom stereocenters. The van der Waals surface area contributed by atoms with Gasteiger partial charge in [-0.3, -0.25) is 4.57 Å². The van der Waals surface area contributed by atoms with Crippen molar-refractivity contribution in [3.63, 3.8) is 0 Å². The van der Waals surface area contributed by atoms with Crippen LogP contribution in [0, 0.1) is 18.4 Å². The van der Waals surface area contributed by atoms with Crippen LogP contribution in [0.2, 0.25) is 0 Å². The second kappa shape index (κ2) is 3.51. The minimum absolute atomic E-state index is 0.